The van der Waals surface area contributed by atoms with Crippen LogP contribution in [0, 0.1) is 0 Å². The molecule has 172 valence electrons. The minimum absolute atomic E-state index is 0.113. The molecule has 0 aliphatic carbocycles. The lowest BCUT2D eigenvalue weighted by molar-refractivity contribution is -0.132. The summed E-state index contributed by atoms with van der Waals surface area (Å²) in [6, 6.07) is 16.6. The van der Waals surface area contributed by atoms with E-state index >= 15 is 0 Å². The van der Waals surface area contributed by atoms with Crippen molar-refractivity contribution in [2.24, 2.45) is 0 Å². The monoisotopic (exact) mass is 466 g/mol. The number of ether oxygens (including phenoxy) is 2. The van der Waals surface area contributed by atoms with Gasteiger partial charge in [0.1, 0.15) is 0 Å². The standard InChI is InChI=1S/C25H26N2O5S/c1-31-23-10-7-20(15-24(23)32-2)17-27(22-11-14-33(29,30)18-22)25(28)16-19-5-8-21(9-6-19)26-12-3-4-13-26/h3-15,22H,16-18H2,1-2H3. The molecule has 7 nitrogen and oxygen atoms in total. The van der Waals surface area contributed by atoms with Crippen molar-refractivity contribution in [3.8, 4) is 17.2 Å². The van der Waals surface area contributed by atoms with Gasteiger partial charge in [0.05, 0.1) is 32.4 Å². The Kier molecular flexibility index (Phi) is 6.55. The van der Waals surface area contributed by atoms with Gasteiger partial charge in [-0.2, -0.15) is 0 Å². The Balaban J connectivity index is 1.55. The van der Waals surface area contributed by atoms with E-state index in [-0.39, 0.29) is 24.6 Å². The lowest BCUT2D eigenvalue weighted by Crippen LogP contribution is -2.41. The first-order valence-corrected chi connectivity index (χ1v) is 12.2. The maximum Gasteiger partial charge on any atom is 0.227 e. The Morgan fingerprint density at radius 1 is 1.00 bits per heavy atom. The molecule has 1 aliphatic rings. The van der Waals surface area contributed by atoms with Gasteiger partial charge < -0.3 is 18.9 Å². The normalized spacial score (nSPS) is 16.5. The topological polar surface area (TPSA) is 77.8 Å². The highest BCUT2D eigenvalue weighted by molar-refractivity contribution is 7.94. The second kappa shape index (κ2) is 9.54. The molecule has 3 aromatic rings. The number of amides is 1. The molecule has 0 spiro atoms. The molecular formula is C25H26N2O5S. The van der Waals surface area contributed by atoms with E-state index < -0.39 is 15.9 Å². The van der Waals surface area contributed by atoms with Crippen molar-refractivity contribution in [3.05, 3.63) is 89.6 Å². The van der Waals surface area contributed by atoms with Crippen LogP contribution in [0.15, 0.2) is 78.5 Å². The van der Waals surface area contributed by atoms with Gasteiger partial charge in [0.15, 0.2) is 21.3 Å². The van der Waals surface area contributed by atoms with Gasteiger partial charge in [-0.15, -0.1) is 0 Å². The molecule has 1 aliphatic heterocycles. The van der Waals surface area contributed by atoms with Crippen LogP contribution in [0.2, 0.25) is 0 Å². The van der Waals surface area contributed by atoms with E-state index in [1.807, 2.05) is 59.4 Å². The lowest BCUT2D eigenvalue weighted by atomic mass is 10.1. The van der Waals surface area contributed by atoms with E-state index in [2.05, 4.69) is 0 Å². The predicted molar refractivity (Wildman–Crippen MR) is 126 cm³/mol. The molecule has 0 N–H and O–H groups in total. The van der Waals surface area contributed by atoms with Crippen LogP contribution in [-0.4, -0.2) is 49.8 Å². The zero-order valence-electron chi connectivity index (χ0n) is 18.5. The molecule has 0 radical (unpaired) electrons. The number of benzene rings is 2. The zero-order chi connectivity index (χ0) is 23.4. The van der Waals surface area contributed by atoms with E-state index in [0.29, 0.717) is 11.5 Å². The highest BCUT2D eigenvalue weighted by atomic mass is 32.2. The fourth-order valence-electron chi connectivity index (χ4n) is 3.89. The molecule has 0 saturated heterocycles. The number of sulfone groups is 1. The molecule has 0 saturated carbocycles. The summed E-state index contributed by atoms with van der Waals surface area (Å²) >= 11 is 0. The number of aromatic nitrogens is 1. The van der Waals surface area contributed by atoms with Crippen molar-refractivity contribution < 1.29 is 22.7 Å². The van der Waals surface area contributed by atoms with Crippen LogP contribution in [0.1, 0.15) is 11.1 Å². The largest absolute Gasteiger partial charge is 0.493 e. The minimum Gasteiger partial charge on any atom is -0.493 e. The first-order chi connectivity index (χ1) is 15.9. The number of carbonyl (C=O) groups is 1. The molecule has 8 heteroatoms. The first-order valence-electron chi connectivity index (χ1n) is 10.5. The molecular weight excluding hydrogens is 440 g/mol. The fourth-order valence-corrected chi connectivity index (χ4v) is 5.19. The van der Waals surface area contributed by atoms with Crippen LogP contribution in [0.25, 0.3) is 5.69 Å². The molecule has 0 bridgehead atoms. The summed E-state index contributed by atoms with van der Waals surface area (Å²) in [5.74, 6) is 0.881. The Labute approximate surface area is 193 Å². The van der Waals surface area contributed by atoms with Gasteiger partial charge in [0.2, 0.25) is 5.91 Å². The van der Waals surface area contributed by atoms with Crippen molar-refractivity contribution in [3.63, 3.8) is 0 Å². The lowest BCUT2D eigenvalue weighted by Gasteiger charge is -2.28. The Morgan fingerprint density at radius 2 is 1.67 bits per heavy atom. The van der Waals surface area contributed by atoms with Gasteiger partial charge in [-0.25, -0.2) is 8.42 Å². The molecule has 0 fully saturated rings. The third-order valence-corrected chi connectivity index (χ3v) is 7.00. The van der Waals surface area contributed by atoms with Crippen molar-refractivity contribution in [2.45, 2.75) is 19.0 Å². The van der Waals surface area contributed by atoms with Crippen LogP contribution >= 0.6 is 0 Å². The number of methoxy groups -OCH3 is 2. The molecule has 2 aromatic carbocycles. The summed E-state index contributed by atoms with van der Waals surface area (Å²) in [4.78, 5) is 15.0. The second-order valence-electron chi connectivity index (χ2n) is 7.87. The molecule has 4 rings (SSSR count). The van der Waals surface area contributed by atoms with Crippen molar-refractivity contribution in [2.75, 3.05) is 20.0 Å². The number of carbonyl (C=O) groups excluding carboxylic acids is 1. The molecule has 1 atom stereocenters. The van der Waals surface area contributed by atoms with E-state index in [1.54, 1.807) is 37.3 Å². The SMILES string of the molecule is COc1ccc(CN(C(=O)Cc2ccc(-n3cccc3)cc2)C2C=CS(=O)(=O)C2)cc1OC. The number of rotatable bonds is 8. The van der Waals surface area contributed by atoms with Gasteiger partial charge in [0, 0.05) is 30.0 Å². The Bertz CT molecular complexity index is 1250. The molecule has 2 heterocycles. The summed E-state index contributed by atoms with van der Waals surface area (Å²) in [6.07, 6.45) is 5.67. The zero-order valence-corrected chi connectivity index (χ0v) is 19.4. The van der Waals surface area contributed by atoms with Crippen LogP contribution in [0.3, 0.4) is 0 Å². The molecule has 1 amide bonds. The summed E-state index contributed by atoms with van der Waals surface area (Å²) in [5.41, 5.74) is 2.68. The molecule has 1 aromatic heterocycles. The average Bonchev–Trinajstić information content (AvgIpc) is 3.47. The second-order valence-corrected chi connectivity index (χ2v) is 9.80. The first kappa shape index (κ1) is 22.7. The maximum absolute atomic E-state index is 13.3. The third kappa shape index (κ3) is 5.28. The van der Waals surface area contributed by atoms with Gasteiger partial charge in [-0.3, -0.25) is 4.79 Å². The average molecular weight is 467 g/mol. The van der Waals surface area contributed by atoms with Gasteiger partial charge in [0.25, 0.3) is 0 Å². The number of nitrogens with zero attached hydrogens (tertiary/aromatic N) is 2. The number of hydrogen-bond donors (Lipinski definition) is 0. The third-order valence-electron chi connectivity index (χ3n) is 5.63. The van der Waals surface area contributed by atoms with Crippen LogP contribution < -0.4 is 9.47 Å². The van der Waals surface area contributed by atoms with E-state index in [1.165, 1.54) is 5.41 Å². The summed E-state index contributed by atoms with van der Waals surface area (Å²) < 4.78 is 36.8. The van der Waals surface area contributed by atoms with E-state index in [9.17, 15) is 13.2 Å². The smallest absolute Gasteiger partial charge is 0.227 e. The number of hydrogen-bond acceptors (Lipinski definition) is 5. The molecule has 33 heavy (non-hydrogen) atoms. The Hall–Kier alpha value is -3.52. The van der Waals surface area contributed by atoms with Gasteiger partial charge in [-0.05, 0) is 53.6 Å². The minimum atomic E-state index is -3.32. The van der Waals surface area contributed by atoms with Gasteiger partial charge >= 0.3 is 0 Å². The van der Waals surface area contributed by atoms with Crippen LogP contribution in [-0.2, 0) is 27.6 Å². The van der Waals surface area contributed by atoms with E-state index in [0.717, 1.165) is 16.8 Å². The summed E-state index contributed by atoms with van der Waals surface area (Å²) in [7, 11) is -0.207. The van der Waals surface area contributed by atoms with E-state index in [4.69, 9.17) is 9.47 Å². The highest BCUT2D eigenvalue weighted by Gasteiger charge is 2.30. The summed E-state index contributed by atoms with van der Waals surface area (Å²) in [5, 5.41) is 1.19. The summed E-state index contributed by atoms with van der Waals surface area (Å²) in [6.45, 7) is 0.255. The van der Waals surface area contributed by atoms with Crippen molar-refractivity contribution in [1.82, 2.24) is 9.47 Å². The van der Waals surface area contributed by atoms with Crippen molar-refractivity contribution >= 4 is 15.7 Å². The highest BCUT2D eigenvalue weighted by Crippen LogP contribution is 2.29. The molecule has 1 unspecified atom stereocenters. The predicted octanol–water partition coefficient (Wildman–Crippen LogP) is 3.38. The van der Waals surface area contributed by atoms with Crippen molar-refractivity contribution in [1.29, 1.82) is 0 Å². The van der Waals surface area contributed by atoms with Gasteiger partial charge in [-0.1, -0.05) is 18.2 Å². The van der Waals surface area contributed by atoms with Crippen LogP contribution in [0.5, 0.6) is 11.5 Å². The van der Waals surface area contributed by atoms with Crippen LogP contribution in [0.4, 0.5) is 0 Å². The fraction of sp³-hybridized carbons (Fsp3) is 0.240. The Morgan fingerprint density at radius 3 is 2.27 bits per heavy atom. The maximum atomic E-state index is 13.3. The quantitative estimate of drug-likeness (QED) is 0.509.